The van der Waals surface area contributed by atoms with Crippen LogP contribution in [0.2, 0.25) is 0 Å². The Morgan fingerprint density at radius 1 is 1.29 bits per heavy atom. The maximum Gasteiger partial charge on any atom is 0.311 e. The van der Waals surface area contributed by atoms with Crippen molar-refractivity contribution in [2.75, 3.05) is 6.61 Å². The van der Waals surface area contributed by atoms with Crippen molar-refractivity contribution in [2.45, 2.75) is 51.5 Å². The van der Waals surface area contributed by atoms with Crippen molar-refractivity contribution in [1.29, 1.82) is 0 Å². The summed E-state index contributed by atoms with van der Waals surface area (Å²) in [4.78, 5) is 33.8. The fraction of sp³-hybridized carbons (Fsp3) is 0.619. The van der Waals surface area contributed by atoms with Gasteiger partial charge in [-0.25, -0.2) is 0 Å². The first-order valence-corrected chi connectivity index (χ1v) is 10.0. The quantitative estimate of drug-likeness (QED) is 0.439. The minimum Gasteiger partial charge on any atom is -0.477 e. The molecule has 0 aromatic heterocycles. The number of nitrogens with zero attached hydrogens (tertiary/aromatic N) is 1. The van der Waals surface area contributed by atoms with Crippen LogP contribution >= 0.6 is 0 Å². The highest BCUT2D eigenvalue weighted by molar-refractivity contribution is 5.79. The van der Waals surface area contributed by atoms with Crippen LogP contribution in [0.5, 0.6) is 5.75 Å². The van der Waals surface area contributed by atoms with Crippen LogP contribution in [0.1, 0.15) is 55.8 Å². The summed E-state index contributed by atoms with van der Waals surface area (Å²) in [5, 5.41) is 14.3. The number of carbonyl (C=O) groups is 2. The summed E-state index contributed by atoms with van der Waals surface area (Å²) < 4.78 is 5.41. The highest BCUT2D eigenvalue weighted by Crippen LogP contribution is 2.61. The summed E-state index contributed by atoms with van der Waals surface area (Å²) in [6.07, 6.45) is 8.17. The SMILES string of the molecule is C[C@@H](NC(=O)COc1ccc(C=O)cc1[N+](=O)[O-])C12CC3CC(CC(C3)C1)C2. The molecular formula is C21H26N2O5. The Kier molecular flexibility index (Phi) is 4.85. The average Bonchev–Trinajstić information content (AvgIpc) is 2.65. The van der Waals surface area contributed by atoms with Crippen molar-refractivity contribution in [3.05, 3.63) is 33.9 Å². The zero-order valence-corrected chi connectivity index (χ0v) is 16.1. The number of rotatable bonds is 7. The lowest BCUT2D eigenvalue weighted by molar-refractivity contribution is -0.385. The van der Waals surface area contributed by atoms with E-state index in [1.165, 1.54) is 50.7 Å². The van der Waals surface area contributed by atoms with Crippen LogP contribution in [0, 0.1) is 33.3 Å². The Bertz CT molecular complexity index is 771. The van der Waals surface area contributed by atoms with E-state index in [0.29, 0.717) is 6.29 Å². The second-order valence-electron chi connectivity index (χ2n) is 8.96. The number of amides is 1. The molecule has 7 nitrogen and oxygen atoms in total. The van der Waals surface area contributed by atoms with Gasteiger partial charge in [-0.15, -0.1) is 0 Å². The summed E-state index contributed by atoms with van der Waals surface area (Å²) in [7, 11) is 0. The van der Waals surface area contributed by atoms with Gasteiger partial charge in [0.25, 0.3) is 5.91 Å². The van der Waals surface area contributed by atoms with E-state index in [0.717, 1.165) is 23.8 Å². The number of carbonyl (C=O) groups excluding carboxylic acids is 2. The topological polar surface area (TPSA) is 98.5 Å². The third-order valence-electron chi connectivity index (χ3n) is 7.06. The average molecular weight is 386 g/mol. The molecule has 5 rings (SSSR count). The van der Waals surface area contributed by atoms with Crippen LogP contribution in [-0.2, 0) is 4.79 Å². The van der Waals surface area contributed by atoms with Gasteiger partial charge in [-0.3, -0.25) is 19.7 Å². The van der Waals surface area contributed by atoms with Gasteiger partial charge in [0.2, 0.25) is 0 Å². The summed E-state index contributed by atoms with van der Waals surface area (Å²) in [6, 6.07) is 4.02. The van der Waals surface area contributed by atoms with Gasteiger partial charge in [0.1, 0.15) is 6.29 Å². The number of hydrogen-bond donors (Lipinski definition) is 1. The number of aldehydes is 1. The van der Waals surface area contributed by atoms with Gasteiger partial charge in [0.05, 0.1) is 4.92 Å². The summed E-state index contributed by atoms with van der Waals surface area (Å²) in [5.41, 5.74) is 0.0765. The van der Waals surface area contributed by atoms with E-state index in [9.17, 15) is 19.7 Å². The zero-order chi connectivity index (χ0) is 19.9. The first-order valence-electron chi connectivity index (χ1n) is 10.0. The molecule has 0 spiro atoms. The van der Waals surface area contributed by atoms with Crippen molar-refractivity contribution >= 4 is 17.9 Å². The van der Waals surface area contributed by atoms with Crippen molar-refractivity contribution in [2.24, 2.45) is 23.2 Å². The lowest BCUT2D eigenvalue weighted by Gasteiger charge is -2.59. The van der Waals surface area contributed by atoms with Gasteiger partial charge < -0.3 is 10.1 Å². The molecule has 7 heteroatoms. The fourth-order valence-corrected chi connectivity index (χ4v) is 6.16. The van der Waals surface area contributed by atoms with Crippen molar-refractivity contribution in [3.8, 4) is 5.75 Å². The van der Waals surface area contributed by atoms with E-state index in [1.54, 1.807) is 0 Å². The molecule has 0 radical (unpaired) electrons. The van der Waals surface area contributed by atoms with Gasteiger partial charge in [0, 0.05) is 17.7 Å². The molecule has 1 atom stereocenters. The summed E-state index contributed by atoms with van der Waals surface area (Å²) >= 11 is 0. The lowest BCUT2D eigenvalue weighted by atomic mass is 9.48. The van der Waals surface area contributed by atoms with Crippen molar-refractivity contribution < 1.29 is 19.2 Å². The molecular weight excluding hydrogens is 360 g/mol. The maximum absolute atomic E-state index is 12.5. The Morgan fingerprint density at radius 3 is 2.43 bits per heavy atom. The largest absolute Gasteiger partial charge is 0.477 e. The fourth-order valence-electron chi connectivity index (χ4n) is 6.16. The predicted molar refractivity (Wildman–Crippen MR) is 102 cm³/mol. The highest BCUT2D eigenvalue weighted by atomic mass is 16.6. The molecule has 1 amide bonds. The number of ether oxygens (including phenoxy) is 1. The van der Waals surface area contributed by atoms with Gasteiger partial charge in [-0.05, 0) is 80.8 Å². The normalized spacial score (nSPS) is 31.2. The highest BCUT2D eigenvalue weighted by Gasteiger charge is 2.53. The van der Waals surface area contributed by atoms with Gasteiger partial charge >= 0.3 is 5.69 Å². The maximum atomic E-state index is 12.5. The van der Waals surface area contributed by atoms with Crippen molar-refractivity contribution in [3.63, 3.8) is 0 Å². The third kappa shape index (κ3) is 3.50. The second-order valence-corrected chi connectivity index (χ2v) is 8.96. The molecule has 0 unspecified atom stereocenters. The monoisotopic (exact) mass is 386 g/mol. The molecule has 4 aliphatic carbocycles. The molecule has 4 fully saturated rings. The van der Waals surface area contributed by atoms with E-state index >= 15 is 0 Å². The molecule has 150 valence electrons. The molecule has 0 saturated heterocycles. The molecule has 0 aliphatic heterocycles. The van der Waals surface area contributed by atoms with Crippen LogP contribution in [0.3, 0.4) is 0 Å². The number of nitro groups is 1. The van der Waals surface area contributed by atoms with Crippen LogP contribution in [0.25, 0.3) is 0 Å². The summed E-state index contributed by atoms with van der Waals surface area (Å²) in [6.45, 7) is 1.81. The first kappa shape index (κ1) is 18.9. The predicted octanol–water partition coefficient (Wildman–Crippen LogP) is 3.51. The Hall–Kier alpha value is -2.44. The zero-order valence-electron chi connectivity index (χ0n) is 16.1. The first-order chi connectivity index (χ1) is 13.4. The van der Waals surface area contributed by atoms with Gasteiger partial charge in [0.15, 0.2) is 12.4 Å². The minimum atomic E-state index is -0.613. The van der Waals surface area contributed by atoms with Crippen LogP contribution in [0.4, 0.5) is 5.69 Å². The van der Waals surface area contributed by atoms with Gasteiger partial charge in [-0.2, -0.15) is 0 Å². The van der Waals surface area contributed by atoms with Crippen molar-refractivity contribution in [1.82, 2.24) is 5.32 Å². The van der Waals surface area contributed by atoms with E-state index in [-0.39, 0.29) is 41.0 Å². The molecule has 0 heterocycles. The smallest absolute Gasteiger partial charge is 0.311 e. The van der Waals surface area contributed by atoms with E-state index in [1.807, 2.05) is 0 Å². The van der Waals surface area contributed by atoms with E-state index in [2.05, 4.69) is 12.2 Å². The number of nitrogens with one attached hydrogen (secondary N) is 1. The molecule has 28 heavy (non-hydrogen) atoms. The Balaban J connectivity index is 1.37. The van der Waals surface area contributed by atoms with Gasteiger partial charge in [-0.1, -0.05) is 0 Å². The van der Waals surface area contributed by atoms with Crippen LogP contribution in [0.15, 0.2) is 18.2 Å². The second kappa shape index (κ2) is 7.18. The number of benzene rings is 1. The number of nitro benzene ring substituents is 1. The Labute approximate surface area is 164 Å². The molecule has 4 saturated carbocycles. The molecule has 1 aromatic rings. The Morgan fingerprint density at radius 2 is 1.89 bits per heavy atom. The van der Waals surface area contributed by atoms with Crippen LogP contribution in [-0.4, -0.2) is 29.8 Å². The third-order valence-corrected chi connectivity index (χ3v) is 7.06. The standard InChI is InChI=1S/C21H26N2O5/c1-13(21-8-15-4-16(9-21)6-17(5-15)10-21)22-20(25)12-28-19-3-2-14(11-24)7-18(19)23(26)27/h2-3,7,11,13,15-17H,4-6,8-10,12H2,1H3,(H,22,25)/t13-,15?,16?,17?,21?/m1/s1. The molecule has 4 bridgehead atoms. The molecule has 4 aliphatic rings. The van der Waals surface area contributed by atoms with E-state index in [4.69, 9.17) is 4.74 Å². The molecule has 1 aromatic carbocycles. The van der Waals surface area contributed by atoms with E-state index < -0.39 is 4.92 Å². The molecule has 1 N–H and O–H groups in total. The van der Waals surface area contributed by atoms with Crippen LogP contribution < -0.4 is 10.1 Å². The lowest BCUT2D eigenvalue weighted by Crippen LogP contribution is -2.56. The number of hydrogen-bond acceptors (Lipinski definition) is 5. The summed E-state index contributed by atoms with van der Waals surface area (Å²) in [5.74, 6) is 2.15. The minimum absolute atomic E-state index is 0.00629.